The molecule has 122 valence electrons. The van der Waals surface area contributed by atoms with E-state index in [0.29, 0.717) is 6.54 Å². The number of aromatic nitrogens is 2. The van der Waals surface area contributed by atoms with Crippen LogP contribution in [0.5, 0.6) is 0 Å². The smallest absolute Gasteiger partial charge is 0.354 e. The summed E-state index contributed by atoms with van der Waals surface area (Å²) in [5.41, 5.74) is 0.157. The molecule has 7 heteroatoms. The standard InChI is InChI=1S/C16H16F3N3O/c17-16(18,19)13-6-9-22(21-13)10-14(23)20-11-15(7-8-15)12-4-2-1-3-5-12/h1-6,9H,7-8,10-11H2,(H,20,23). The average Bonchev–Trinajstić information content (AvgIpc) is 3.16. The fourth-order valence-corrected chi connectivity index (χ4v) is 2.58. The molecule has 4 nitrogen and oxygen atoms in total. The van der Waals surface area contributed by atoms with Gasteiger partial charge < -0.3 is 5.32 Å². The Balaban J connectivity index is 1.55. The SMILES string of the molecule is O=C(Cn1ccc(C(F)(F)F)n1)NCC1(c2ccccc2)CC1. The molecule has 1 fully saturated rings. The zero-order chi connectivity index (χ0) is 16.5. The Kier molecular flexibility index (Phi) is 3.87. The van der Waals surface area contributed by atoms with Crippen LogP contribution in [0.1, 0.15) is 24.1 Å². The quantitative estimate of drug-likeness (QED) is 0.920. The lowest BCUT2D eigenvalue weighted by atomic mass is 9.96. The van der Waals surface area contributed by atoms with E-state index < -0.39 is 11.9 Å². The molecule has 1 aliphatic carbocycles. The van der Waals surface area contributed by atoms with Crippen molar-refractivity contribution < 1.29 is 18.0 Å². The van der Waals surface area contributed by atoms with Gasteiger partial charge in [-0.25, -0.2) is 0 Å². The highest BCUT2D eigenvalue weighted by atomic mass is 19.4. The maximum atomic E-state index is 12.5. The second-order valence-corrected chi connectivity index (χ2v) is 5.82. The van der Waals surface area contributed by atoms with Gasteiger partial charge in [-0.1, -0.05) is 30.3 Å². The summed E-state index contributed by atoms with van der Waals surface area (Å²) in [5, 5.41) is 6.17. The van der Waals surface area contributed by atoms with E-state index in [2.05, 4.69) is 10.4 Å². The summed E-state index contributed by atoms with van der Waals surface area (Å²) >= 11 is 0. The molecule has 1 aromatic carbocycles. The van der Waals surface area contributed by atoms with Crippen LogP contribution in [-0.4, -0.2) is 22.2 Å². The van der Waals surface area contributed by atoms with E-state index in [0.717, 1.165) is 29.8 Å². The Morgan fingerprint density at radius 1 is 1.22 bits per heavy atom. The normalized spacial score (nSPS) is 16.1. The number of hydrogen-bond acceptors (Lipinski definition) is 2. The van der Waals surface area contributed by atoms with Crippen LogP contribution >= 0.6 is 0 Å². The van der Waals surface area contributed by atoms with Crippen molar-refractivity contribution in [2.24, 2.45) is 0 Å². The van der Waals surface area contributed by atoms with Crippen LogP contribution in [-0.2, 0) is 22.9 Å². The van der Waals surface area contributed by atoms with Crippen molar-refractivity contribution >= 4 is 5.91 Å². The Bertz CT molecular complexity index is 690. The first-order chi connectivity index (χ1) is 10.9. The molecule has 3 rings (SSSR count). The van der Waals surface area contributed by atoms with Gasteiger partial charge >= 0.3 is 6.18 Å². The maximum Gasteiger partial charge on any atom is 0.435 e. The van der Waals surface area contributed by atoms with E-state index in [-0.39, 0.29) is 17.9 Å². The molecular weight excluding hydrogens is 307 g/mol. The molecule has 0 saturated heterocycles. The second-order valence-electron chi connectivity index (χ2n) is 5.82. The number of carbonyl (C=O) groups excluding carboxylic acids is 1. The summed E-state index contributed by atoms with van der Waals surface area (Å²) in [6, 6.07) is 10.8. The van der Waals surface area contributed by atoms with Crippen molar-refractivity contribution in [1.29, 1.82) is 0 Å². The van der Waals surface area contributed by atoms with Gasteiger partial charge in [0.05, 0.1) is 0 Å². The highest BCUT2D eigenvalue weighted by molar-refractivity contribution is 5.75. The number of alkyl halides is 3. The van der Waals surface area contributed by atoms with Crippen LogP contribution in [0.15, 0.2) is 42.6 Å². The van der Waals surface area contributed by atoms with Crippen LogP contribution in [0.25, 0.3) is 0 Å². The average molecular weight is 323 g/mol. The lowest BCUT2D eigenvalue weighted by Crippen LogP contribution is -2.34. The van der Waals surface area contributed by atoms with Crippen molar-refractivity contribution in [2.75, 3.05) is 6.54 Å². The number of nitrogens with one attached hydrogen (secondary N) is 1. The monoisotopic (exact) mass is 323 g/mol. The van der Waals surface area contributed by atoms with E-state index in [9.17, 15) is 18.0 Å². The van der Waals surface area contributed by atoms with Gasteiger partial charge in [0, 0.05) is 18.2 Å². The first kappa shape index (κ1) is 15.6. The van der Waals surface area contributed by atoms with Gasteiger partial charge in [0.1, 0.15) is 6.54 Å². The summed E-state index contributed by atoms with van der Waals surface area (Å²) in [4.78, 5) is 11.9. The van der Waals surface area contributed by atoms with Crippen molar-refractivity contribution in [3.63, 3.8) is 0 Å². The molecule has 1 N–H and O–H groups in total. The lowest BCUT2D eigenvalue weighted by Gasteiger charge is -2.16. The topological polar surface area (TPSA) is 46.9 Å². The van der Waals surface area contributed by atoms with Crippen molar-refractivity contribution in [3.8, 4) is 0 Å². The lowest BCUT2D eigenvalue weighted by molar-refractivity contribution is -0.141. The molecule has 0 bridgehead atoms. The van der Waals surface area contributed by atoms with E-state index in [1.165, 1.54) is 5.56 Å². The molecule has 2 aromatic rings. The highest BCUT2D eigenvalue weighted by Gasteiger charge is 2.44. The van der Waals surface area contributed by atoms with Crippen LogP contribution in [0.3, 0.4) is 0 Å². The van der Waals surface area contributed by atoms with E-state index in [1.807, 2.05) is 30.3 Å². The molecule has 1 aliphatic rings. The molecular formula is C16H16F3N3O. The van der Waals surface area contributed by atoms with Gasteiger partial charge in [-0.15, -0.1) is 0 Å². The Morgan fingerprint density at radius 3 is 2.48 bits per heavy atom. The first-order valence-corrected chi connectivity index (χ1v) is 7.32. The minimum Gasteiger partial charge on any atom is -0.354 e. The van der Waals surface area contributed by atoms with E-state index >= 15 is 0 Å². The molecule has 0 atom stereocenters. The van der Waals surface area contributed by atoms with Crippen molar-refractivity contribution in [3.05, 3.63) is 53.9 Å². The Hall–Kier alpha value is -2.31. The van der Waals surface area contributed by atoms with Crippen molar-refractivity contribution in [1.82, 2.24) is 15.1 Å². The van der Waals surface area contributed by atoms with Gasteiger partial charge in [0.2, 0.25) is 5.91 Å². The molecule has 0 unspecified atom stereocenters. The third-order valence-electron chi connectivity index (χ3n) is 4.10. The molecule has 0 spiro atoms. The van der Waals surface area contributed by atoms with Crippen LogP contribution in [0.2, 0.25) is 0 Å². The van der Waals surface area contributed by atoms with Gasteiger partial charge in [-0.05, 0) is 24.5 Å². The number of rotatable bonds is 5. The number of halogens is 3. The van der Waals surface area contributed by atoms with Crippen LogP contribution in [0, 0.1) is 0 Å². The molecule has 0 radical (unpaired) electrons. The van der Waals surface area contributed by atoms with Gasteiger partial charge in [-0.2, -0.15) is 18.3 Å². The predicted molar refractivity (Wildman–Crippen MR) is 77.6 cm³/mol. The zero-order valence-corrected chi connectivity index (χ0v) is 12.3. The van der Waals surface area contributed by atoms with Crippen LogP contribution in [0.4, 0.5) is 13.2 Å². The molecule has 1 amide bonds. The molecule has 23 heavy (non-hydrogen) atoms. The largest absolute Gasteiger partial charge is 0.435 e. The minimum absolute atomic E-state index is 0.0296. The fraction of sp³-hybridized carbons (Fsp3) is 0.375. The van der Waals surface area contributed by atoms with Gasteiger partial charge in [-0.3, -0.25) is 9.48 Å². The third-order valence-corrected chi connectivity index (χ3v) is 4.10. The third kappa shape index (κ3) is 3.55. The Labute approximate surface area is 131 Å². The van der Waals surface area contributed by atoms with Gasteiger partial charge in [0.25, 0.3) is 0 Å². The van der Waals surface area contributed by atoms with E-state index in [4.69, 9.17) is 0 Å². The molecule has 0 aliphatic heterocycles. The summed E-state index contributed by atoms with van der Waals surface area (Å²) in [5.74, 6) is -0.343. The van der Waals surface area contributed by atoms with Crippen molar-refractivity contribution in [2.45, 2.75) is 31.0 Å². The van der Waals surface area contributed by atoms with Crippen LogP contribution < -0.4 is 5.32 Å². The minimum atomic E-state index is -4.49. The number of nitrogens with zero attached hydrogens (tertiary/aromatic N) is 2. The highest BCUT2D eigenvalue weighted by Crippen LogP contribution is 2.47. The number of amides is 1. The van der Waals surface area contributed by atoms with Gasteiger partial charge in [0.15, 0.2) is 5.69 Å². The summed E-state index contributed by atoms with van der Waals surface area (Å²) in [6.45, 7) is 0.268. The number of benzene rings is 1. The number of hydrogen-bond donors (Lipinski definition) is 1. The zero-order valence-electron chi connectivity index (χ0n) is 12.3. The summed E-state index contributed by atoms with van der Waals surface area (Å²) in [7, 11) is 0. The number of carbonyl (C=O) groups is 1. The second kappa shape index (κ2) is 5.72. The predicted octanol–water partition coefficient (Wildman–Crippen LogP) is 2.75. The summed E-state index contributed by atoms with van der Waals surface area (Å²) in [6.07, 6.45) is -1.34. The first-order valence-electron chi connectivity index (χ1n) is 7.32. The molecule has 1 aromatic heterocycles. The molecule has 1 saturated carbocycles. The maximum absolute atomic E-state index is 12.5. The Morgan fingerprint density at radius 2 is 1.91 bits per heavy atom. The summed E-state index contributed by atoms with van der Waals surface area (Å²) < 4.78 is 38.4. The molecule has 1 heterocycles. The van der Waals surface area contributed by atoms with E-state index in [1.54, 1.807) is 0 Å². The fourth-order valence-electron chi connectivity index (χ4n) is 2.58.